The number of nitrogens with one attached hydrogen (secondary N) is 1. The highest BCUT2D eigenvalue weighted by atomic mass is 35.5. The molecule has 8 nitrogen and oxygen atoms in total. The first-order valence-corrected chi connectivity index (χ1v) is 7.53. The molecule has 1 saturated heterocycles. The number of fused-ring (bicyclic) bond motifs is 1. The lowest BCUT2D eigenvalue weighted by Crippen LogP contribution is -2.27. The molecule has 0 radical (unpaired) electrons. The van der Waals surface area contributed by atoms with Crippen LogP contribution in [0.15, 0.2) is 27.0 Å². The van der Waals surface area contributed by atoms with Crippen LogP contribution in [0.4, 0.5) is 12.0 Å². The van der Waals surface area contributed by atoms with E-state index in [9.17, 15) is 4.79 Å². The topological polar surface area (TPSA) is 97.3 Å². The maximum Gasteiger partial charge on any atom is 0.324 e. The van der Waals surface area contributed by atoms with Gasteiger partial charge in [-0.3, -0.25) is 10.1 Å². The summed E-state index contributed by atoms with van der Waals surface area (Å²) in [6, 6.07) is 5.43. The minimum atomic E-state index is -0.261. The van der Waals surface area contributed by atoms with Crippen LogP contribution in [0.25, 0.3) is 11.1 Å². The number of likely N-dealkylation sites (tertiary alicyclic amines) is 1. The van der Waals surface area contributed by atoms with Crippen molar-refractivity contribution >= 4 is 40.6 Å². The fraction of sp³-hybridized carbons (Fsp3) is 0.286. The van der Waals surface area contributed by atoms with Crippen molar-refractivity contribution in [2.75, 3.05) is 18.4 Å². The Morgan fingerprint density at radius 2 is 2.00 bits per heavy atom. The second-order valence-electron chi connectivity index (χ2n) is 5.14. The largest absolute Gasteiger partial charge is 0.423 e. The third kappa shape index (κ3) is 2.61. The van der Waals surface area contributed by atoms with E-state index in [0.717, 1.165) is 12.8 Å². The number of oxazole rings is 1. The number of halogens is 1. The van der Waals surface area contributed by atoms with Gasteiger partial charge in [0.05, 0.1) is 5.02 Å². The lowest BCUT2D eigenvalue weighted by Gasteiger charge is -2.11. The summed E-state index contributed by atoms with van der Waals surface area (Å²) in [5, 5.41) is 10.8. The summed E-state index contributed by atoms with van der Waals surface area (Å²) in [5.41, 5.74) is 1.07. The smallest absolute Gasteiger partial charge is 0.324 e. The first-order chi connectivity index (χ1) is 11.2. The van der Waals surface area contributed by atoms with Gasteiger partial charge in [0.15, 0.2) is 5.58 Å². The number of rotatable bonds is 3. The van der Waals surface area contributed by atoms with Gasteiger partial charge in [0, 0.05) is 13.1 Å². The molecule has 0 bridgehead atoms. The molecule has 1 aliphatic heterocycles. The highest BCUT2D eigenvalue weighted by molar-refractivity contribution is 6.34. The number of anilines is 2. The molecule has 1 amide bonds. The van der Waals surface area contributed by atoms with Crippen molar-refractivity contribution in [3.63, 3.8) is 0 Å². The molecule has 1 fully saturated rings. The van der Waals surface area contributed by atoms with Crippen LogP contribution in [0.2, 0.25) is 5.02 Å². The van der Waals surface area contributed by atoms with Crippen molar-refractivity contribution in [1.29, 1.82) is 0 Å². The molecule has 2 aromatic heterocycles. The highest BCUT2D eigenvalue weighted by Gasteiger charge is 2.24. The van der Waals surface area contributed by atoms with E-state index in [-0.39, 0.29) is 23.8 Å². The molecule has 1 N–H and O–H groups in total. The third-order valence-electron chi connectivity index (χ3n) is 3.58. The lowest BCUT2D eigenvalue weighted by molar-refractivity contribution is 0.0754. The zero-order valence-electron chi connectivity index (χ0n) is 12.0. The van der Waals surface area contributed by atoms with Crippen molar-refractivity contribution in [3.8, 4) is 0 Å². The molecule has 4 rings (SSSR count). The molecule has 0 saturated carbocycles. The Bertz CT molecular complexity index is 868. The van der Waals surface area contributed by atoms with Gasteiger partial charge in [-0.1, -0.05) is 22.8 Å². The summed E-state index contributed by atoms with van der Waals surface area (Å²) in [7, 11) is 0. The van der Waals surface area contributed by atoms with Gasteiger partial charge in [0.2, 0.25) is 0 Å². The minimum Gasteiger partial charge on any atom is -0.423 e. The van der Waals surface area contributed by atoms with Gasteiger partial charge in [0.1, 0.15) is 5.52 Å². The van der Waals surface area contributed by atoms with Gasteiger partial charge in [0.25, 0.3) is 0 Å². The maximum atomic E-state index is 12.1. The van der Waals surface area contributed by atoms with Crippen molar-refractivity contribution in [1.82, 2.24) is 20.1 Å². The van der Waals surface area contributed by atoms with Crippen molar-refractivity contribution in [2.45, 2.75) is 12.8 Å². The number of amides is 1. The van der Waals surface area contributed by atoms with Crippen LogP contribution in [0.5, 0.6) is 0 Å². The predicted octanol–water partition coefficient (Wildman–Crippen LogP) is 2.84. The molecule has 1 aromatic carbocycles. The number of benzene rings is 1. The van der Waals surface area contributed by atoms with Crippen LogP contribution in [0, 0.1) is 0 Å². The Hall–Kier alpha value is -2.61. The van der Waals surface area contributed by atoms with Crippen molar-refractivity contribution in [2.24, 2.45) is 0 Å². The normalized spacial score (nSPS) is 14.6. The predicted molar refractivity (Wildman–Crippen MR) is 81.7 cm³/mol. The fourth-order valence-corrected chi connectivity index (χ4v) is 2.68. The fourth-order valence-electron chi connectivity index (χ4n) is 2.48. The maximum absolute atomic E-state index is 12.1. The quantitative estimate of drug-likeness (QED) is 0.787. The third-order valence-corrected chi connectivity index (χ3v) is 3.89. The van der Waals surface area contributed by atoms with E-state index < -0.39 is 0 Å². The highest BCUT2D eigenvalue weighted by Crippen LogP contribution is 2.27. The summed E-state index contributed by atoms with van der Waals surface area (Å²) >= 11 is 6.04. The number of para-hydroxylation sites is 1. The Labute approximate surface area is 135 Å². The van der Waals surface area contributed by atoms with Gasteiger partial charge in [-0.2, -0.15) is 4.98 Å². The van der Waals surface area contributed by atoms with E-state index in [2.05, 4.69) is 20.5 Å². The zero-order chi connectivity index (χ0) is 15.8. The van der Waals surface area contributed by atoms with Crippen LogP contribution in [0.1, 0.15) is 23.5 Å². The first kappa shape index (κ1) is 14.0. The van der Waals surface area contributed by atoms with E-state index >= 15 is 0 Å². The molecule has 0 atom stereocenters. The number of carbonyl (C=O) groups excluding carboxylic acids is 1. The van der Waals surface area contributed by atoms with E-state index in [1.54, 1.807) is 23.1 Å². The van der Waals surface area contributed by atoms with E-state index in [1.807, 2.05) is 0 Å². The van der Waals surface area contributed by atoms with Crippen LogP contribution in [0.3, 0.4) is 0 Å². The monoisotopic (exact) mass is 333 g/mol. The number of nitrogens with zero attached hydrogens (tertiary/aromatic N) is 4. The number of hydrogen-bond donors (Lipinski definition) is 1. The van der Waals surface area contributed by atoms with Crippen LogP contribution >= 0.6 is 11.6 Å². The summed E-state index contributed by atoms with van der Waals surface area (Å²) in [6.45, 7) is 1.43. The molecule has 3 heterocycles. The second kappa shape index (κ2) is 5.54. The van der Waals surface area contributed by atoms with Crippen LogP contribution in [-0.4, -0.2) is 39.1 Å². The number of carbonyl (C=O) groups is 1. The Morgan fingerprint density at radius 1 is 1.17 bits per heavy atom. The molecule has 0 unspecified atom stereocenters. The minimum absolute atomic E-state index is 0.0372. The van der Waals surface area contributed by atoms with Gasteiger partial charge in [-0.05, 0) is 25.0 Å². The molecule has 1 aliphatic rings. The lowest BCUT2D eigenvalue weighted by atomic mass is 10.3. The summed E-state index contributed by atoms with van der Waals surface area (Å²) < 4.78 is 10.8. The molecule has 0 aliphatic carbocycles. The molecule has 3 aromatic rings. The van der Waals surface area contributed by atoms with Gasteiger partial charge in [-0.15, -0.1) is 5.10 Å². The van der Waals surface area contributed by atoms with Gasteiger partial charge < -0.3 is 13.7 Å². The number of aromatic nitrogens is 3. The van der Waals surface area contributed by atoms with Crippen LogP contribution < -0.4 is 5.32 Å². The van der Waals surface area contributed by atoms with Crippen molar-refractivity contribution < 1.29 is 13.6 Å². The number of hydrogen-bond acceptors (Lipinski definition) is 7. The molecule has 9 heteroatoms. The molecule has 118 valence electrons. The first-order valence-electron chi connectivity index (χ1n) is 7.15. The van der Waals surface area contributed by atoms with Crippen molar-refractivity contribution in [3.05, 3.63) is 29.1 Å². The molecule has 23 heavy (non-hydrogen) atoms. The SMILES string of the molecule is O=C(c1nnc(Nc2nc3c(Cl)cccc3o2)o1)N1CCCC1. The van der Waals surface area contributed by atoms with E-state index in [4.69, 9.17) is 20.4 Å². The zero-order valence-corrected chi connectivity index (χ0v) is 12.7. The van der Waals surface area contributed by atoms with Gasteiger partial charge >= 0.3 is 23.8 Å². The summed E-state index contributed by atoms with van der Waals surface area (Å²) in [4.78, 5) is 18.0. The molecular formula is C14H12ClN5O3. The average molecular weight is 334 g/mol. The van der Waals surface area contributed by atoms with E-state index in [0.29, 0.717) is 29.2 Å². The van der Waals surface area contributed by atoms with E-state index in [1.165, 1.54) is 0 Å². The van der Waals surface area contributed by atoms with Crippen LogP contribution in [-0.2, 0) is 0 Å². The molecule has 0 spiro atoms. The summed E-state index contributed by atoms with van der Waals surface area (Å²) in [5.74, 6) is -0.313. The second-order valence-corrected chi connectivity index (χ2v) is 5.55. The Kier molecular flexibility index (Phi) is 3.38. The van der Waals surface area contributed by atoms with Gasteiger partial charge in [-0.25, -0.2) is 0 Å². The Balaban J connectivity index is 1.54. The average Bonchev–Trinajstić information content (AvgIpc) is 3.27. The Morgan fingerprint density at radius 3 is 2.78 bits per heavy atom. The summed E-state index contributed by atoms with van der Waals surface area (Å²) in [6.07, 6.45) is 1.99. The standard InChI is InChI=1S/C14H12ClN5O3/c15-8-4-3-5-9-10(8)16-13(22-9)17-14-19-18-11(23-14)12(21)20-6-1-2-7-20/h3-5H,1-2,6-7H2,(H,16,17,19). The molecular weight excluding hydrogens is 322 g/mol.